The second kappa shape index (κ2) is 7.19. The van der Waals surface area contributed by atoms with Crippen molar-refractivity contribution >= 4 is 11.8 Å². The molecule has 0 aliphatic rings. The van der Waals surface area contributed by atoms with Crippen LogP contribution in [0, 0.1) is 5.82 Å². The van der Waals surface area contributed by atoms with Crippen LogP contribution in [-0.4, -0.2) is 22.0 Å². The van der Waals surface area contributed by atoms with Gasteiger partial charge in [0.25, 0.3) is 0 Å². The van der Waals surface area contributed by atoms with E-state index in [0.29, 0.717) is 18.1 Å². The maximum Gasteiger partial charge on any atom is 0.187 e. The van der Waals surface area contributed by atoms with Crippen LogP contribution >= 0.6 is 11.8 Å². The summed E-state index contributed by atoms with van der Waals surface area (Å²) in [5, 5.41) is 0.728. The summed E-state index contributed by atoms with van der Waals surface area (Å²) in [4.78, 5) is 4.53. The van der Waals surface area contributed by atoms with Crippen molar-refractivity contribution in [2.45, 2.75) is 5.16 Å². The molecule has 0 amide bonds. The van der Waals surface area contributed by atoms with Crippen molar-refractivity contribution in [1.82, 2.24) is 9.66 Å². The molecule has 0 bridgehead atoms. The quantitative estimate of drug-likeness (QED) is 0.427. The lowest BCUT2D eigenvalue weighted by atomic mass is 10.2. The predicted molar refractivity (Wildman–Crippen MR) is 90.4 cm³/mol. The van der Waals surface area contributed by atoms with Crippen LogP contribution in [0.5, 0.6) is 5.75 Å². The highest BCUT2D eigenvalue weighted by atomic mass is 32.2. The van der Waals surface area contributed by atoms with Crippen LogP contribution in [0.1, 0.15) is 0 Å². The molecule has 0 aliphatic heterocycles. The fraction of sp³-hybridized carbons (Fsp3) is 0.118. The van der Waals surface area contributed by atoms with Crippen molar-refractivity contribution in [3.63, 3.8) is 0 Å². The van der Waals surface area contributed by atoms with E-state index in [2.05, 4.69) is 4.98 Å². The van der Waals surface area contributed by atoms with Gasteiger partial charge < -0.3 is 10.6 Å². The molecular formula is C17H16FN3OS. The number of hydrogen-bond acceptors (Lipinski definition) is 4. The fourth-order valence-corrected chi connectivity index (χ4v) is 2.77. The van der Waals surface area contributed by atoms with Gasteiger partial charge in [-0.3, -0.25) is 0 Å². The highest BCUT2D eigenvalue weighted by Crippen LogP contribution is 2.22. The third-order valence-corrected chi connectivity index (χ3v) is 4.10. The Bertz CT molecular complexity index is 759. The van der Waals surface area contributed by atoms with Gasteiger partial charge in [-0.2, -0.15) is 0 Å². The summed E-state index contributed by atoms with van der Waals surface area (Å²) in [6.45, 7) is 0.490. The summed E-state index contributed by atoms with van der Waals surface area (Å²) in [7, 11) is 0. The maximum absolute atomic E-state index is 12.8. The van der Waals surface area contributed by atoms with E-state index < -0.39 is 0 Å². The van der Waals surface area contributed by atoms with E-state index in [1.807, 2.05) is 30.3 Å². The van der Waals surface area contributed by atoms with E-state index in [0.717, 1.165) is 16.4 Å². The second-order valence-corrected chi connectivity index (χ2v) is 5.89. The highest BCUT2D eigenvalue weighted by molar-refractivity contribution is 7.99. The SMILES string of the molecule is Nn1cc(-c2ccccc2)nc1SCCOc1ccc(F)cc1. The molecule has 6 heteroatoms. The number of imidazole rings is 1. The van der Waals surface area contributed by atoms with Gasteiger partial charge in [-0.25, -0.2) is 14.1 Å². The number of nitrogens with two attached hydrogens (primary N) is 1. The molecular weight excluding hydrogens is 313 g/mol. The zero-order valence-corrected chi connectivity index (χ0v) is 13.2. The van der Waals surface area contributed by atoms with Gasteiger partial charge in [-0.15, -0.1) is 0 Å². The van der Waals surface area contributed by atoms with Crippen molar-refractivity contribution in [3.8, 4) is 17.0 Å². The first-order valence-electron chi connectivity index (χ1n) is 7.13. The molecule has 0 saturated heterocycles. The number of thioether (sulfide) groups is 1. The number of aromatic nitrogens is 2. The van der Waals surface area contributed by atoms with Crippen molar-refractivity contribution in [2.75, 3.05) is 18.2 Å². The van der Waals surface area contributed by atoms with Gasteiger partial charge in [0.1, 0.15) is 11.6 Å². The molecule has 0 fully saturated rings. The first-order valence-corrected chi connectivity index (χ1v) is 8.12. The summed E-state index contributed by atoms with van der Waals surface area (Å²) >= 11 is 1.51. The van der Waals surface area contributed by atoms with E-state index in [-0.39, 0.29) is 5.82 Å². The Hall–Kier alpha value is -2.47. The minimum absolute atomic E-state index is 0.273. The third-order valence-electron chi connectivity index (χ3n) is 3.16. The fourth-order valence-electron chi connectivity index (χ4n) is 2.05. The molecule has 0 unspecified atom stereocenters. The molecule has 0 atom stereocenters. The molecule has 1 heterocycles. The molecule has 118 valence electrons. The predicted octanol–water partition coefficient (Wildman–Crippen LogP) is 3.57. The minimum atomic E-state index is -0.273. The van der Waals surface area contributed by atoms with Crippen molar-refractivity contribution in [2.24, 2.45) is 0 Å². The molecule has 0 saturated carbocycles. The van der Waals surface area contributed by atoms with Crippen LogP contribution in [0.4, 0.5) is 4.39 Å². The van der Waals surface area contributed by atoms with Gasteiger partial charge >= 0.3 is 0 Å². The Labute approximate surface area is 138 Å². The van der Waals surface area contributed by atoms with Crippen LogP contribution in [-0.2, 0) is 0 Å². The number of ether oxygens (including phenoxy) is 1. The molecule has 1 aromatic heterocycles. The maximum atomic E-state index is 12.8. The number of hydrogen-bond donors (Lipinski definition) is 1. The lowest BCUT2D eigenvalue weighted by Gasteiger charge is -2.05. The minimum Gasteiger partial charge on any atom is -0.493 e. The lowest BCUT2D eigenvalue weighted by Crippen LogP contribution is -2.09. The molecule has 2 aromatic carbocycles. The van der Waals surface area contributed by atoms with Crippen LogP contribution in [0.2, 0.25) is 0 Å². The Morgan fingerprint density at radius 3 is 2.57 bits per heavy atom. The Morgan fingerprint density at radius 1 is 1.09 bits per heavy atom. The molecule has 0 radical (unpaired) electrons. The van der Waals surface area contributed by atoms with Gasteiger partial charge in [0, 0.05) is 11.3 Å². The van der Waals surface area contributed by atoms with Gasteiger partial charge in [0.05, 0.1) is 18.5 Å². The van der Waals surface area contributed by atoms with Crippen LogP contribution < -0.4 is 10.6 Å². The summed E-state index contributed by atoms with van der Waals surface area (Å²) in [6.07, 6.45) is 1.80. The van der Waals surface area contributed by atoms with Crippen LogP contribution in [0.25, 0.3) is 11.3 Å². The second-order valence-electron chi connectivity index (χ2n) is 4.83. The largest absolute Gasteiger partial charge is 0.493 e. The van der Waals surface area contributed by atoms with Crippen molar-refractivity contribution in [1.29, 1.82) is 0 Å². The monoisotopic (exact) mass is 329 g/mol. The Balaban J connectivity index is 1.54. The summed E-state index contributed by atoms with van der Waals surface area (Å²) in [5.74, 6) is 7.01. The molecule has 4 nitrogen and oxygen atoms in total. The number of rotatable bonds is 6. The first-order chi connectivity index (χ1) is 11.2. The number of nitrogen functional groups attached to an aromatic ring is 1. The zero-order valence-electron chi connectivity index (χ0n) is 12.4. The molecule has 3 rings (SSSR count). The van der Waals surface area contributed by atoms with E-state index >= 15 is 0 Å². The molecule has 0 spiro atoms. The first kappa shape index (κ1) is 15.4. The number of halogens is 1. The highest BCUT2D eigenvalue weighted by Gasteiger charge is 2.08. The molecule has 2 N–H and O–H groups in total. The van der Waals surface area contributed by atoms with E-state index in [1.54, 1.807) is 18.3 Å². The van der Waals surface area contributed by atoms with Crippen LogP contribution in [0.3, 0.4) is 0 Å². The smallest absolute Gasteiger partial charge is 0.187 e. The van der Waals surface area contributed by atoms with Crippen LogP contribution in [0.15, 0.2) is 66.0 Å². The van der Waals surface area contributed by atoms with Gasteiger partial charge in [0.2, 0.25) is 0 Å². The summed E-state index contributed by atoms with van der Waals surface area (Å²) < 4.78 is 19.9. The van der Waals surface area contributed by atoms with Crippen molar-refractivity contribution in [3.05, 3.63) is 66.6 Å². The third kappa shape index (κ3) is 4.04. The van der Waals surface area contributed by atoms with E-state index in [4.69, 9.17) is 10.6 Å². The molecule has 0 aliphatic carbocycles. The van der Waals surface area contributed by atoms with E-state index in [9.17, 15) is 4.39 Å². The number of nitrogens with zero attached hydrogens (tertiary/aromatic N) is 2. The average Bonchev–Trinajstić information content (AvgIpc) is 2.95. The molecule has 23 heavy (non-hydrogen) atoms. The topological polar surface area (TPSA) is 53.1 Å². The van der Waals surface area contributed by atoms with Gasteiger partial charge in [-0.1, -0.05) is 42.1 Å². The lowest BCUT2D eigenvalue weighted by molar-refractivity contribution is 0.343. The Kier molecular flexibility index (Phi) is 4.83. The summed E-state index contributed by atoms with van der Waals surface area (Å²) in [5.41, 5.74) is 1.87. The standard InChI is InChI=1S/C17H16FN3OS/c18-14-6-8-15(9-7-14)22-10-11-23-17-20-16(12-21(17)19)13-4-2-1-3-5-13/h1-9,12H,10-11,19H2. The van der Waals surface area contributed by atoms with Gasteiger partial charge in [0.15, 0.2) is 5.16 Å². The van der Waals surface area contributed by atoms with Gasteiger partial charge in [-0.05, 0) is 24.3 Å². The zero-order chi connectivity index (χ0) is 16.1. The number of benzene rings is 2. The molecule has 3 aromatic rings. The van der Waals surface area contributed by atoms with E-state index in [1.165, 1.54) is 28.6 Å². The normalized spacial score (nSPS) is 10.7. The Morgan fingerprint density at radius 2 is 1.83 bits per heavy atom. The average molecular weight is 329 g/mol. The summed E-state index contributed by atoms with van der Waals surface area (Å²) in [6, 6.07) is 15.9. The van der Waals surface area contributed by atoms with Crippen molar-refractivity contribution < 1.29 is 9.13 Å².